The van der Waals surface area contributed by atoms with Crippen molar-refractivity contribution >= 4 is 17.7 Å². The van der Waals surface area contributed by atoms with E-state index in [4.69, 9.17) is 19.3 Å². The van der Waals surface area contributed by atoms with Gasteiger partial charge in [-0.05, 0) is 36.6 Å². The van der Waals surface area contributed by atoms with Gasteiger partial charge in [0.1, 0.15) is 23.8 Å². The minimum atomic E-state index is 0.0480. The molecule has 1 aromatic rings. The third-order valence-electron chi connectivity index (χ3n) is 4.96. The Hall–Kier alpha value is -1.86. The Morgan fingerprint density at radius 3 is 3.19 bits per heavy atom. The van der Waals surface area contributed by atoms with Crippen LogP contribution in [-0.2, 0) is 11.2 Å². The molecule has 3 atom stereocenters. The molecule has 7 heteroatoms. The van der Waals surface area contributed by atoms with E-state index in [0.717, 1.165) is 42.2 Å². The fourth-order valence-electron chi connectivity index (χ4n) is 3.68. The summed E-state index contributed by atoms with van der Waals surface area (Å²) in [6, 6.07) is 6.13. The van der Waals surface area contributed by atoms with E-state index in [1.165, 1.54) is 0 Å². The van der Waals surface area contributed by atoms with Gasteiger partial charge in [-0.2, -0.15) is 11.8 Å². The Kier molecular flexibility index (Phi) is 5.26. The molecule has 1 N–H and O–H groups in total. The highest BCUT2D eigenvalue weighted by atomic mass is 32.2. The van der Waals surface area contributed by atoms with E-state index in [1.807, 2.05) is 36.0 Å². The van der Waals surface area contributed by atoms with E-state index in [9.17, 15) is 0 Å². The molecule has 3 heterocycles. The zero-order valence-corrected chi connectivity index (χ0v) is 16.0. The van der Waals surface area contributed by atoms with Crippen molar-refractivity contribution in [2.24, 2.45) is 5.10 Å². The Labute approximate surface area is 158 Å². The third kappa shape index (κ3) is 3.38. The summed E-state index contributed by atoms with van der Waals surface area (Å²) >= 11 is 1.83. The summed E-state index contributed by atoms with van der Waals surface area (Å²) in [6.45, 7) is 1.53. The fraction of sp³-hybridized carbons (Fsp3) is 0.526. The van der Waals surface area contributed by atoms with Gasteiger partial charge in [0.25, 0.3) is 0 Å². The summed E-state index contributed by atoms with van der Waals surface area (Å²) in [4.78, 5) is 0. The maximum Gasteiger partial charge on any atom is 0.230 e. The number of methoxy groups -OCH3 is 1. The molecule has 0 amide bonds. The van der Waals surface area contributed by atoms with E-state index in [0.29, 0.717) is 12.5 Å². The first-order valence-electron chi connectivity index (χ1n) is 9.03. The maximum absolute atomic E-state index is 6.23. The Morgan fingerprint density at radius 1 is 1.42 bits per heavy atom. The van der Waals surface area contributed by atoms with Crippen LogP contribution >= 0.6 is 11.8 Å². The van der Waals surface area contributed by atoms with Gasteiger partial charge in [-0.15, -0.1) is 5.10 Å². The lowest BCUT2D eigenvalue weighted by Crippen LogP contribution is -2.44. The van der Waals surface area contributed by atoms with Crippen molar-refractivity contribution in [3.8, 4) is 11.5 Å². The van der Waals surface area contributed by atoms with E-state index in [2.05, 4.69) is 22.7 Å². The molecule has 0 aromatic heterocycles. The summed E-state index contributed by atoms with van der Waals surface area (Å²) in [5.74, 6) is 3.60. The van der Waals surface area contributed by atoms with E-state index >= 15 is 0 Å². The standard InChI is InChI=1S/C19H25N3O3S/c1-23-15-5-3-6-16-13(15)11-17(25-16)14-12-20-18-7-8-19(21-22(14)18)24-9-4-10-26-2/h3,5-8,14,17-18,20H,4,9-12H2,1-2H3. The van der Waals surface area contributed by atoms with Crippen LogP contribution in [0.15, 0.2) is 35.5 Å². The van der Waals surface area contributed by atoms with Gasteiger partial charge in [0.05, 0.1) is 19.8 Å². The molecule has 0 bridgehead atoms. The Bertz CT molecular complexity index is 709. The highest BCUT2D eigenvalue weighted by Gasteiger charge is 2.42. The summed E-state index contributed by atoms with van der Waals surface area (Å²) < 4.78 is 17.5. The molecule has 0 radical (unpaired) electrons. The van der Waals surface area contributed by atoms with Crippen LogP contribution < -0.4 is 14.8 Å². The number of benzene rings is 1. The third-order valence-corrected chi connectivity index (χ3v) is 5.66. The van der Waals surface area contributed by atoms with Crippen LogP contribution in [0.4, 0.5) is 0 Å². The number of rotatable bonds is 6. The molecule has 4 rings (SSSR count). The summed E-state index contributed by atoms with van der Waals surface area (Å²) in [5, 5.41) is 10.3. The van der Waals surface area contributed by atoms with E-state index < -0.39 is 0 Å². The van der Waals surface area contributed by atoms with Gasteiger partial charge in [-0.25, -0.2) is 0 Å². The van der Waals surface area contributed by atoms with Crippen LogP contribution in [-0.4, -0.2) is 61.5 Å². The molecule has 1 fully saturated rings. The van der Waals surface area contributed by atoms with Crippen molar-refractivity contribution in [3.05, 3.63) is 35.9 Å². The largest absolute Gasteiger partial charge is 0.496 e. The minimum Gasteiger partial charge on any atom is -0.496 e. The van der Waals surface area contributed by atoms with Gasteiger partial charge < -0.3 is 14.2 Å². The number of hydrogen-bond donors (Lipinski definition) is 1. The smallest absolute Gasteiger partial charge is 0.230 e. The molecule has 1 aromatic carbocycles. The van der Waals surface area contributed by atoms with Crippen molar-refractivity contribution in [2.75, 3.05) is 32.3 Å². The summed E-state index contributed by atoms with van der Waals surface area (Å²) in [5.41, 5.74) is 1.15. The van der Waals surface area contributed by atoms with Crippen molar-refractivity contribution in [3.63, 3.8) is 0 Å². The molecule has 0 spiro atoms. The molecule has 1 saturated heterocycles. The molecular weight excluding hydrogens is 350 g/mol. The Morgan fingerprint density at radius 2 is 2.35 bits per heavy atom. The maximum atomic E-state index is 6.23. The van der Waals surface area contributed by atoms with E-state index in [-0.39, 0.29) is 18.3 Å². The van der Waals surface area contributed by atoms with Gasteiger partial charge in [0.2, 0.25) is 5.90 Å². The second kappa shape index (κ2) is 7.80. The lowest BCUT2D eigenvalue weighted by atomic mass is 10.0. The van der Waals surface area contributed by atoms with Crippen molar-refractivity contribution in [2.45, 2.75) is 31.2 Å². The first kappa shape index (κ1) is 17.5. The number of ether oxygens (including phenoxy) is 3. The van der Waals surface area contributed by atoms with Gasteiger partial charge in [0, 0.05) is 24.6 Å². The van der Waals surface area contributed by atoms with Crippen LogP contribution in [0.5, 0.6) is 11.5 Å². The van der Waals surface area contributed by atoms with Gasteiger partial charge in [-0.3, -0.25) is 10.3 Å². The number of fused-ring (bicyclic) bond motifs is 2. The topological polar surface area (TPSA) is 55.3 Å². The lowest BCUT2D eigenvalue weighted by molar-refractivity contribution is 0.0994. The number of hydrazone groups is 1. The average molecular weight is 375 g/mol. The van der Waals surface area contributed by atoms with Crippen molar-refractivity contribution < 1.29 is 14.2 Å². The Balaban J connectivity index is 1.44. The number of thioether (sulfide) groups is 1. The number of nitrogens with zero attached hydrogens (tertiary/aromatic N) is 2. The van der Waals surface area contributed by atoms with E-state index in [1.54, 1.807) is 7.11 Å². The molecule has 26 heavy (non-hydrogen) atoms. The van der Waals surface area contributed by atoms with Gasteiger partial charge in [0.15, 0.2) is 0 Å². The predicted octanol–water partition coefficient (Wildman–Crippen LogP) is 2.25. The number of nitrogens with one attached hydrogen (secondary N) is 1. The lowest BCUT2D eigenvalue weighted by Gasteiger charge is -2.30. The average Bonchev–Trinajstić information content (AvgIpc) is 3.28. The van der Waals surface area contributed by atoms with Crippen molar-refractivity contribution in [1.29, 1.82) is 0 Å². The van der Waals surface area contributed by atoms with Crippen LogP contribution in [0.2, 0.25) is 0 Å². The van der Waals surface area contributed by atoms with Crippen LogP contribution in [0.3, 0.4) is 0 Å². The normalized spacial score (nSPS) is 26.2. The van der Waals surface area contributed by atoms with Crippen LogP contribution in [0.1, 0.15) is 12.0 Å². The van der Waals surface area contributed by atoms with Crippen molar-refractivity contribution in [1.82, 2.24) is 10.3 Å². The second-order valence-corrected chi connectivity index (χ2v) is 7.58. The molecule has 0 saturated carbocycles. The summed E-state index contributed by atoms with van der Waals surface area (Å²) in [6.07, 6.45) is 8.19. The molecule has 6 nitrogen and oxygen atoms in total. The molecular formula is C19H25N3O3S. The highest BCUT2D eigenvalue weighted by molar-refractivity contribution is 7.98. The zero-order valence-electron chi connectivity index (χ0n) is 15.2. The molecule has 3 aliphatic heterocycles. The SMILES string of the molecule is COc1cccc2c1CC(C1CNC3C=CC(OCCCSC)=NN31)O2. The monoisotopic (exact) mass is 375 g/mol. The fourth-order valence-corrected chi connectivity index (χ4v) is 4.08. The van der Waals surface area contributed by atoms with Crippen LogP contribution in [0.25, 0.3) is 0 Å². The molecule has 3 unspecified atom stereocenters. The van der Waals surface area contributed by atoms with Gasteiger partial charge in [-0.1, -0.05) is 6.07 Å². The first-order chi connectivity index (χ1) is 12.8. The molecule has 140 valence electrons. The van der Waals surface area contributed by atoms with Crippen LogP contribution in [0, 0.1) is 0 Å². The predicted molar refractivity (Wildman–Crippen MR) is 104 cm³/mol. The second-order valence-electron chi connectivity index (χ2n) is 6.59. The minimum absolute atomic E-state index is 0.0480. The highest BCUT2D eigenvalue weighted by Crippen LogP contribution is 2.38. The molecule has 3 aliphatic rings. The zero-order chi connectivity index (χ0) is 17.9. The first-order valence-corrected chi connectivity index (χ1v) is 10.4. The quantitative estimate of drug-likeness (QED) is 0.770. The molecule has 0 aliphatic carbocycles. The number of hydrogen-bond acceptors (Lipinski definition) is 7. The summed E-state index contributed by atoms with van der Waals surface area (Å²) in [7, 11) is 1.70. The van der Waals surface area contributed by atoms with Gasteiger partial charge >= 0.3 is 0 Å².